The third-order valence-corrected chi connectivity index (χ3v) is 2.04. The molecule has 0 atom stereocenters. The van der Waals surface area contributed by atoms with Crippen LogP contribution in [0.1, 0.15) is 27.2 Å². The number of amidine groups is 1. The Balaban J connectivity index is 3.43. The van der Waals surface area contributed by atoms with E-state index in [4.69, 9.17) is 11.6 Å². The quantitative estimate of drug-likeness (QED) is 0.288. The van der Waals surface area contributed by atoms with E-state index in [2.05, 4.69) is 25.9 Å². The zero-order chi connectivity index (χ0) is 8.91. The van der Waals surface area contributed by atoms with Crippen LogP contribution >= 0.6 is 11.8 Å². The molecule has 4 N–H and O–H groups in total. The molecule has 66 valence electrons. The van der Waals surface area contributed by atoms with Gasteiger partial charge in [0, 0.05) is 5.75 Å². The van der Waals surface area contributed by atoms with Gasteiger partial charge in [0.15, 0.2) is 5.17 Å². The van der Waals surface area contributed by atoms with Crippen molar-refractivity contribution in [3.05, 3.63) is 0 Å². The Hall–Kier alpha value is -0.380. The van der Waals surface area contributed by atoms with Crippen LogP contribution in [-0.2, 0) is 0 Å². The fraction of sp³-hybridized carbons (Fsp3) is 0.857. The molecule has 0 saturated carbocycles. The molecule has 0 aliphatic carbocycles. The SMILES string of the molecule is CC(C)(C)CCSC(N)=NN. The number of rotatable bonds is 2. The Kier molecular flexibility index (Phi) is 4.33. The fourth-order valence-corrected chi connectivity index (χ4v) is 1.50. The van der Waals surface area contributed by atoms with Gasteiger partial charge in [-0.3, -0.25) is 0 Å². The number of nitrogens with two attached hydrogens (primary N) is 2. The summed E-state index contributed by atoms with van der Waals surface area (Å²) in [6.45, 7) is 6.59. The highest BCUT2D eigenvalue weighted by molar-refractivity contribution is 8.13. The van der Waals surface area contributed by atoms with Gasteiger partial charge in [0.1, 0.15) is 0 Å². The number of hydrogen-bond donors (Lipinski definition) is 2. The third-order valence-electron chi connectivity index (χ3n) is 1.23. The number of thioether (sulfide) groups is 1. The Morgan fingerprint density at radius 3 is 2.36 bits per heavy atom. The van der Waals surface area contributed by atoms with Gasteiger partial charge in [-0.2, -0.15) is 5.10 Å². The fourth-order valence-electron chi connectivity index (χ4n) is 0.499. The van der Waals surface area contributed by atoms with Crippen molar-refractivity contribution < 1.29 is 0 Å². The molecule has 0 heterocycles. The lowest BCUT2D eigenvalue weighted by atomic mass is 9.94. The minimum Gasteiger partial charge on any atom is -0.377 e. The van der Waals surface area contributed by atoms with Crippen LogP contribution in [0.4, 0.5) is 0 Å². The van der Waals surface area contributed by atoms with E-state index in [0.29, 0.717) is 10.6 Å². The first-order chi connectivity index (χ1) is 4.95. The molecule has 0 radical (unpaired) electrons. The van der Waals surface area contributed by atoms with Crippen LogP contribution in [0.25, 0.3) is 0 Å². The van der Waals surface area contributed by atoms with E-state index in [1.807, 2.05) is 0 Å². The van der Waals surface area contributed by atoms with Crippen LogP contribution in [0.3, 0.4) is 0 Å². The predicted molar refractivity (Wildman–Crippen MR) is 52.3 cm³/mol. The molecule has 0 saturated heterocycles. The van der Waals surface area contributed by atoms with Crippen LogP contribution in [0.2, 0.25) is 0 Å². The maximum atomic E-state index is 5.39. The molecular weight excluding hydrogens is 158 g/mol. The Bertz CT molecular complexity index is 137. The molecule has 0 aromatic heterocycles. The highest BCUT2D eigenvalue weighted by atomic mass is 32.2. The van der Waals surface area contributed by atoms with E-state index in [1.54, 1.807) is 0 Å². The Morgan fingerprint density at radius 2 is 2.00 bits per heavy atom. The summed E-state index contributed by atoms with van der Waals surface area (Å²) in [6.07, 6.45) is 1.12. The van der Waals surface area contributed by atoms with Gasteiger partial charge < -0.3 is 11.6 Å². The van der Waals surface area contributed by atoms with Crippen molar-refractivity contribution in [2.24, 2.45) is 22.1 Å². The van der Waals surface area contributed by atoms with Gasteiger partial charge in [0.05, 0.1) is 0 Å². The van der Waals surface area contributed by atoms with Crippen molar-refractivity contribution in [1.82, 2.24) is 0 Å². The van der Waals surface area contributed by atoms with Crippen LogP contribution in [0.5, 0.6) is 0 Å². The highest BCUT2D eigenvalue weighted by Gasteiger charge is 2.09. The van der Waals surface area contributed by atoms with Crippen LogP contribution in [0, 0.1) is 5.41 Å². The molecule has 0 bridgehead atoms. The molecule has 0 unspecified atom stereocenters. The smallest absolute Gasteiger partial charge is 0.177 e. The van der Waals surface area contributed by atoms with Gasteiger partial charge in [-0.25, -0.2) is 0 Å². The van der Waals surface area contributed by atoms with E-state index in [0.717, 1.165) is 12.2 Å². The van der Waals surface area contributed by atoms with E-state index >= 15 is 0 Å². The molecular formula is C7H17N3S. The number of hydrogen-bond acceptors (Lipinski definition) is 3. The summed E-state index contributed by atoms with van der Waals surface area (Å²) in [7, 11) is 0. The number of hydrazone groups is 1. The lowest BCUT2D eigenvalue weighted by molar-refractivity contribution is 0.402. The second-order valence-corrected chi connectivity index (χ2v) is 4.74. The van der Waals surface area contributed by atoms with E-state index in [-0.39, 0.29) is 0 Å². The number of nitrogens with zero attached hydrogens (tertiary/aromatic N) is 1. The zero-order valence-corrected chi connectivity index (χ0v) is 8.24. The molecule has 0 aliphatic rings. The molecule has 0 aromatic rings. The summed E-state index contributed by atoms with van der Waals surface area (Å²) < 4.78 is 0. The van der Waals surface area contributed by atoms with E-state index in [1.165, 1.54) is 11.8 Å². The maximum absolute atomic E-state index is 5.39. The first-order valence-electron chi connectivity index (χ1n) is 3.62. The molecule has 0 aromatic carbocycles. The summed E-state index contributed by atoms with van der Waals surface area (Å²) in [5.41, 5.74) is 5.75. The molecule has 0 spiro atoms. The minimum atomic E-state index is 0.363. The van der Waals surface area contributed by atoms with Crippen LogP contribution in [0.15, 0.2) is 5.10 Å². The van der Waals surface area contributed by atoms with Crippen LogP contribution < -0.4 is 11.6 Å². The summed E-state index contributed by atoms with van der Waals surface area (Å²) in [5, 5.41) is 3.83. The van der Waals surface area contributed by atoms with Gasteiger partial charge in [0.25, 0.3) is 0 Å². The highest BCUT2D eigenvalue weighted by Crippen LogP contribution is 2.20. The van der Waals surface area contributed by atoms with Crippen molar-refractivity contribution in [2.75, 3.05) is 5.75 Å². The molecule has 0 aliphatic heterocycles. The van der Waals surface area contributed by atoms with Crippen molar-refractivity contribution in [2.45, 2.75) is 27.2 Å². The maximum Gasteiger partial charge on any atom is 0.177 e. The molecule has 0 rings (SSSR count). The summed E-state index contributed by atoms with van der Waals surface area (Å²) in [5.74, 6) is 5.95. The van der Waals surface area contributed by atoms with Gasteiger partial charge >= 0.3 is 0 Å². The van der Waals surface area contributed by atoms with Gasteiger partial charge in [-0.1, -0.05) is 32.5 Å². The van der Waals surface area contributed by atoms with Crippen molar-refractivity contribution in [3.8, 4) is 0 Å². The van der Waals surface area contributed by atoms with E-state index < -0.39 is 0 Å². The van der Waals surface area contributed by atoms with E-state index in [9.17, 15) is 0 Å². The van der Waals surface area contributed by atoms with Gasteiger partial charge in [0.2, 0.25) is 0 Å². The second-order valence-electron chi connectivity index (χ2n) is 3.63. The van der Waals surface area contributed by atoms with Gasteiger partial charge in [-0.05, 0) is 11.8 Å². The molecule has 4 heteroatoms. The molecule has 3 nitrogen and oxygen atoms in total. The van der Waals surface area contributed by atoms with Gasteiger partial charge in [-0.15, -0.1) is 0 Å². The average molecular weight is 175 g/mol. The Labute approximate surface area is 72.6 Å². The first kappa shape index (κ1) is 10.6. The molecule has 0 fully saturated rings. The summed E-state index contributed by atoms with van der Waals surface area (Å²) >= 11 is 1.51. The lowest BCUT2D eigenvalue weighted by Crippen LogP contribution is -2.12. The largest absolute Gasteiger partial charge is 0.377 e. The second kappa shape index (κ2) is 4.49. The standard InChI is InChI=1S/C7H17N3S/c1-7(2,3)4-5-11-6(8)10-9/h4-5,9H2,1-3H3,(H2,8,10). The molecule has 11 heavy (non-hydrogen) atoms. The molecule has 0 amide bonds. The van der Waals surface area contributed by atoms with Crippen molar-refractivity contribution in [3.63, 3.8) is 0 Å². The predicted octanol–water partition coefficient (Wildman–Crippen LogP) is 1.34. The summed E-state index contributed by atoms with van der Waals surface area (Å²) in [6, 6.07) is 0. The van der Waals surface area contributed by atoms with Crippen LogP contribution in [-0.4, -0.2) is 10.9 Å². The van der Waals surface area contributed by atoms with Crippen molar-refractivity contribution >= 4 is 16.9 Å². The minimum absolute atomic E-state index is 0.363. The first-order valence-corrected chi connectivity index (χ1v) is 4.60. The summed E-state index contributed by atoms with van der Waals surface area (Å²) in [4.78, 5) is 0. The normalized spacial score (nSPS) is 13.5. The lowest BCUT2D eigenvalue weighted by Gasteiger charge is -2.16. The average Bonchev–Trinajstić information content (AvgIpc) is 1.85. The topological polar surface area (TPSA) is 64.4 Å². The monoisotopic (exact) mass is 175 g/mol. The van der Waals surface area contributed by atoms with Crippen molar-refractivity contribution in [1.29, 1.82) is 0 Å². The Morgan fingerprint density at radius 1 is 1.45 bits per heavy atom. The third kappa shape index (κ3) is 7.52. The zero-order valence-electron chi connectivity index (χ0n) is 7.42.